The van der Waals surface area contributed by atoms with E-state index in [9.17, 15) is 22.8 Å². The molecule has 7 nitrogen and oxygen atoms in total. The van der Waals surface area contributed by atoms with Gasteiger partial charge in [0.1, 0.15) is 4.90 Å². The summed E-state index contributed by atoms with van der Waals surface area (Å²) >= 11 is 11.8. The van der Waals surface area contributed by atoms with Crippen molar-refractivity contribution in [3.8, 4) is 0 Å². The van der Waals surface area contributed by atoms with Gasteiger partial charge < -0.3 is 5.11 Å². The highest BCUT2D eigenvalue weighted by atomic mass is 35.5. The van der Waals surface area contributed by atoms with Crippen molar-refractivity contribution in [2.24, 2.45) is 0 Å². The molecule has 0 fully saturated rings. The first kappa shape index (κ1) is 19.9. The van der Waals surface area contributed by atoms with Crippen LogP contribution in [0.25, 0.3) is 0 Å². The average molecular weight is 416 g/mol. The van der Waals surface area contributed by atoms with Crippen molar-refractivity contribution >= 4 is 56.4 Å². The van der Waals surface area contributed by atoms with Gasteiger partial charge in [-0.3, -0.25) is 14.3 Å². The lowest BCUT2D eigenvalue weighted by atomic mass is 10.1. The molecule has 0 aliphatic rings. The monoisotopic (exact) mass is 415 g/mol. The van der Waals surface area contributed by atoms with E-state index in [2.05, 4.69) is 4.72 Å². The van der Waals surface area contributed by atoms with Gasteiger partial charge in [-0.2, -0.15) is 0 Å². The van der Waals surface area contributed by atoms with Crippen LogP contribution >= 0.6 is 23.2 Å². The Bertz CT molecular complexity index is 983. The number of carboxylic acids is 1. The van der Waals surface area contributed by atoms with Gasteiger partial charge in [0.25, 0.3) is 10.0 Å². The quantitative estimate of drug-likeness (QED) is 0.407. The van der Waals surface area contributed by atoms with Gasteiger partial charge in [0.2, 0.25) is 5.78 Å². The molecule has 0 heterocycles. The molecule has 0 aromatic heterocycles. The molecule has 2 rings (SSSR count). The molecule has 26 heavy (non-hydrogen) atoms. The molecule has 0 radical (unpaired) electrons. The summed E-state index contributed by atoms with van der Waals surface area (Å²) in [6, 6.07) is 9.47. The van der Waals surface area contributed by atoms with E-state index >= 15 is 0 Å². The summed E-state index contributed by atoms with van der Waals surface area (Å²) in [5.41, 5.74) is -0.000309. The van der Waals surface area contributed by atoms with E-state index in [1.54, 1.807) is 0 Å². The Morgan fingerprint density at radius 2 is 1.58 bits per heavy atom. The van der Waals surface area contributed by atoms with Crippen LogP contribution in [0.5, 0.6) is 0 Å². The minimum absolute atomic E-state index is 0.0228. The van der Waals surface area contributed by atoms with Crippen LogP contribution in [-0.4, -0.2) is 31.1 Å². The lowest BCUT2D eigenvalue weighted by molar-refractivity contribution is -0.148. The summed E-state index contributed by atoms with van der Waals surface area (Å²) in [5.74, 6) is -3.73. The molecule has 10 heteroatoms. The predicted molar refractivity (Wildman–Crippen MR) is 95.3 cm³/mol. The van der Waals surface area contributed by atoms with Gasteiger partial charge in [0.15, 0.2) is 5.78 Å². The van der Waals surface area contributed by atoms with Gasteiger partial charge in [0.05, 0.1) is 16.5 Å². The largest absolute Gasteiger partial charge is 0.475 e. The number of rotatable bonds is 7. The van der Waals surface area contributed by atoms with Crippen molar-refractivity contribution in [2.75, 3.05) is 4.72 Å². The maximum absolute atomic E-state index is 12.5. The third-order valence-corrected chi connectivity index (χ3v) is 5.52. The van der Waals surface area contributed by atoms with Gasteiger partial charge in [-0.05, 0) is 24.3 Å². The Morgan fingerprint density at radius 1 is 1.00 bits per heavy atom. The van der Waals surface area contributed by atoms with Gasteiger partial charge in [-0.15, -0.1) is 0 Å². The maximum Gasteiger partial charge on any atom is 0.372 e. The zero-order chi connectivity index (χ0) is 19.5. The number of ketones is 2. The number of sulfonamides is 1. The van der Waals surface area contributed by atoms with Crippen LogP contribution in [-0.2, 0) is 19.6 Å². The van der Waals surface area contributed by atoms with Crippen LogP contribution in [0, 0.1) is 0 Å². The lowest BCUT2D eigenvalue weighted by Gasteiger charge is -2.11. The number of Topliss-reactive ketones (excluding diaryl/α,β-unsaturated/α-hetero) is 2. The standard InChI is InChI=1S/C16H11Cl2NO6S/c17-11-5-2-6-12(18)15(11)26(24,25)19-10-4-1-3-9(7-10)13(20)8-14(21)16(22)23/h1-7,19H,8H2,(H,22,23). The van der Waals surface area contributed by atoms with Crippen LogP contribution in [0.15, 0.2) is 47.4 Å². The Labute approximate surface area is 158 Å². The summed E-state index contributed by atoms with van der Waals surface area (Å²) in [5, 5.41) is 8.39. The van der Waals surface area contributed by atoms with E-state index in [0.29, 0.717) is 0 Å². The minimum Gasteiger partial charge on any atom is -0.475 e. The molecule has 2 N–H and O–H groups in total. The number of carbonyl (C=O) groups is 3. The molecule has 136 valence electrons. The van der Waals surface area contributed by atoms with Crippen molar-refractivity contribution < 1.29 is 27.9 Å². The molecule has 0 amide bonds. The molecule has 0 saturated heterocycles. The highest BCUT2D eigenvalue weighted by Crippen LogP contribution is 2.30. The second kappa shape index (κ2) is 7.86. The summed E-state index contributed by atoms with van der Waals surface area (Å²) in [4.78, 5) is 33.3. The number of anilines is 1. The number of carbonyl (C=O) groups excluding carboxylic acids is 2. The number of halogens is 2. The molecular weight excluding hydrogens is 405 g/mol. The van der Waals surface area contributed by atoms with E-state index in [0.717, 1.165) is 0 Å². The van der Waals surface area contributed by atoms with E-state index in [1.807, 2.05) is 0 Å². The molecule has 2 aromatic carbocycles. The van der Waals surface area contributed by atoms with Gasteiger partial charge in [-0.25, -0.2) is 13.2 Å². The van der Waals surface area contributed by atoms with Crippen LogP contribution in [0.4, 0.5) is 5.69 Å². The topological polar surface area (TPSA) is 118 Å². The highest BCUT2D eigenvalue weighted by Gasteiger charge is 2.22. The zero-order valence-corrected chi connectivity index (χ0v) is 15.2. The molecule has 0 aliphatic heterocycles. The van der Waals surface area contributed by atoms with Crippen LogP contribution in [0.1, 0.15) is 16.8 Å². The molecule has 0 aliphatic carbocycles. The molecule has 0 unspecified atom stereocenters. The van der Waals surface area contributed by atoms with E-state index in [-0.39, 0.29) is 26.2 Å². The van der Waals surface area contributed by atoms with Crippen LogP contribution in [0.3, 0.4) is 0 Å². The smallest absolute Gasteiger partial charge is 0.372 e. The van der Waals surface area contributed by atoms with Gasteiger partial charge in [0, 0.05) is 11.3 Å². The number of benzene rings is 2. The minimum atomic E-state index is -4.14. The number of nitrogens with one attached hydrogen (secondary N) is 1. The fourth-order valence-electron chi connectivity index (χ4n) is 2.03. The summed E-state index contributed by atoms with van der Waals surface area (Å²) in [6.45, 7) is 0. The fourth-order valence-corrected chi connectivity index (χ4v) is 4.22. The molecule has 0 saturated carbocycles. The number of hydrogen-bond acceptors (Lipinski definition) is 5. The molecule has 0 spiro atoms. The Balaban J connectivity index is 2.30. The van der Waals surface area contributed by atoms with E-state index in [4.69, 9.17) is 28.3 Å². The first-order valence-electron chi connectivity index (χ1n) is 6.98. The van der Waals surface area contributed by atoms with Crippen molar-refractivity contribution in [1.82, 2.24) is 0 Å². The van der Waals surface area contributed by atoms with Crippen molar-refractivity contribution in [3.63, 3.8) is 0 Å². The fraction of sp³-hybridized carbons (Fsp3) is 0.0625. The van der Waals surface area contributed by atoms with Crippen molar-refractivity contribution in [3.05, 3.63) is 58.1 Å². The van der Waals surface area contributed by atoms with Gasteiger partial charge >= 0.3 is 5.97 Å². The van der Waals surface area contributed by atoms with Gasteiger partial charge in [-0.1, -0.05) is 41.4 Å². The zero-order valence-electron chi connectivity index (χ0n) is 12.9. The first-order valence-corrected chi connectivity index (χ1v) is 9.22. The number of hydrogen-bond donors (Lipinski definition) is 2. The summed E-state index contributed by atoms with van der Waals surface area (Å²) in [7, 11) is -4.14. The number of aliphatic carboxylic acids is 1. The lowest BCUT2D eigenvalue weighted by Crippen LogP contribution is -2.17. The summed E-state index contributed by atoms with van der Waals surface area (Å²) < 4.78 is 27.2. The highest BCUT2D eigenvalue weighted by molar-refractivity contribution is 7.93. The number of carboxylic acid groups (broad SMARTS) is 1. The normalized spacial score (nSPS) is 11.0. The average Bonchev–Trinajstić information content (AvgIpc) is 2.54. The second-order valence-corrected chi connectivity index (χ2v) is 7.50. The third kappa shape index (κ3) is 4.60. The third-order valence-electron chi connectivity index (χ3n) is 3.18. The van der Waals surface area contributed by atoms with Crippen molar-refractivity contribution in [2.45, 2.75) is 11.3 Å². The molecule has 2 aromatic rings. The predicted octanol–water partition coefficient (Wildman–Crippen LogP) is 3.02. The second-order valence-electron chi connectivity index (χ2n) is 5.07. The molecule has 0 bridgehead atoms. The Hall–Kier alpha value is -2.42. The Kier molecular flexibility index (Phi) is 6.01. The molecule has 0 atom stereocenters. The Morgan fingerprint density at radius 3 is 2.15 bits per heavy atom. The first-order chi connectivity index (χ1) is 12.1. The maximum atomic E-state index is 12.5. The van der Waals surface area contributed by atoms with Crippen molar-refractivity contribution in [1.29, 1.82) is 0 Å². The van der Waals surface area contributed by atoms with Crippen LogP contribution < -0.4 is 4.72 Å². The van der Waals surface area contributed by atoms with E-state index in [1.165, 1.54) is 42.5 Å². The summed E-state index contributed by atoms with van der Waals surface area (Å²) in [6.07, 6.45) is -0.831. The van der Waals surface area contributed by atoms with E-state index < -0.39 is 34.0 Å². The molecular formula is C16H11Cl2NO6S. The SMILES string of the molecule is O=C(O)C(=O)CC(=O)c1cccc(NS(=O)(=O)c2c(Cl)cccc2Cl)c1. The van der Waals surface area contributed by atoms with Crippen LogP contribution in [0.2, 0.25) is 10.0 Å².